The SMILES string of the molecule is Cc1cc(OCCC(C)(C)O)cc(C)c1Oc1ccc(F)c2c1CCC2. The summed E-state index contributed by atoms with van der Waals surface area (Å²) in [7, 11) is 0. The molecular weight excluding hydrogens is 331 g/mol. The molecule has 0 saturated carbocycles. The Bertz CT molecular complexity index is 783. The van der Waals surface area contributed by atoms with Crippen molar-refractivity contribution in [1.82, 2.24) is 0 Å². The molecule has 3 nitrogen and oxygen atoms in total. The standard InChI is InChI=1S/C22H27FO3/c1-14-12-16(25-11-10-22(3,4)24)13-15(2)21(14)26-20-9-8-19(23)17-6-5-7-18(17)20/h8-9,12-13,24H,5-7,10-11H2,1-4H3. The van der Waals surface area contributed by atoms with Crippen LogP contribution in [0, 0.1) is 19.7 Å². The number of hydrogen-bond acceptors (Lipinski definition) is 3. The summed E-state index contributed by atoms with van der Waals surface area (Å²) >= 11 is 0. The van der Waals surface area contributed by atoms with E-state index in [4.69, 9.17) is 9.47 Å². The van der Waals surface area contributed by atoms with Crippen LogP contribution in [0.15, 0.2) is 24.3 Å². The van der Waals surface area contributed by atoms with Gasteiger partial charge in [0.15, 0.2) is 0 Å². The fourth-order valence-electron chi connectivity index (χ4n) is 3.41. The molecule has 0 saturated heterocycles. The maximum absolute atomic E-state index is 13.9. The molecule has 26 heavy (non-hydrogen) atoms. The molecule has 0 bridgehead atoms. The van der Waals surface area contributed by atoms with Crippen LogP contribution in [0.1, 0.15) is 48.9 Å². The van der Waals surface area contributed by atoms with Gasteiger partial charge in [0.05, 0.1) is 12.2 Å². The first kappa shape index (κ1) is 18.7. The summed E-state index contributed by atoms with van der Waals surface area (Å²) in [4.78, 5) is 0. The van der Waals surface area contributed by atoms with Gasteiger partial charge in [0.1, 0.15) is 23.1 Å². The molecule has 4 heteroatoms. The van der Waals surface area contributed by atoms with E-state index < -0.39 is 5.60 Å². The number of aryl methyl sites for hydroxylation is 2. The van der Waals surface area contributed by atoms with Crippen molar-refractivity contribution in [2.24, 2.45) is 0 Å². The van der Waals surface area contributed by atoms with E-state index in [-0.39, 0.29) is 5.82 Å². The lowest BCUT2D eigenvalue weighted by Gasteiger charge is -2.19. The van der Waals surface area contributed by atoms with Gasteiger partial charge in [-0.2, -0.15) is 0 Å². The minimum absolute atomic E-state index is 0.131. The summed E-state index contributed by atoms with van der Waals surface area (Å²) in [6.07, 6.45) is 3.17. The molecule has 0 atom stereocenters. The second-order valence-corrected chi connectivity index (χ2v) is 7.76. The van der Waals surface area contributed by atoms with Gasteiger partial charge in [0.25, 0.3) is 0 Å². The molecule has 1 aliphatic rings. The third-order valence-electron chi connectivity index (χ3n) is 4.81. The van der Waals surface area contributed by atoms with Crippen LogP contribution < -0.4 is 9.47 Å². The molecule has 1 N–H and O–H groups in total. The van der Waals surface area contributed by atoms with Crippen molar-refractivity contribution in [1.29, 1.82) is 0 Å². The molecule has 1 aliphatic carbocycles. The molecule has 3 rings (SSSR count). The number of benzene rings is 2. The van der Waals surface area contributed by atoms with E-state index in [9.17, 15) is 9.50 Å². The minimum atomic E-state index is -0.740. The zero-order valence-electron chi connectivity index (χ0n) is 16.0. The van der Waals surface area contributed by atoms with Crippen molar-refractivity contribution in [3.8, 4) is 17.2 Å². The van der Waals surface area contributed by atoms with Crippen molar-refractivity contribution in [3.63, 3.8) is 0 Å². The number of aliphatic hydroxyl groups is 1. The van der Waals surface area contributed by atoms with Crippen LogP contribution in [-0.2, 0) is 12.8 Å². The van der Waals surface area contributed by atoms with Crippen molar-refractivity contribution in [2.45, 2.75) is 59.0 Å². The van der Waals surface area contributed by atoms with Gasteiger partial charge in [-0.1, -0.05) is 0 Å². The highest BCUT2D eigenvalue weighted by atomic mass is 19.1. The van der Waals surface area contributed by atoms with E-state index in [1.54, 1.807) is 19.9 Å². The van der Waals surface area contributed by atoms with Gasteiger partial charge in [0, 0.05) is 12.0 Å². The Kier molecular flexibility index (Phi) is 5.24. The van der Waals surface area contributed by atoms with Gasteiger partial charge >= 0.3 is 0 Å². The lowest BCUT2D eigenvalue weighted by atomic mass is 10.1. The van der Waals surface area contributed by atoms with Gasteiger partial charge in [-0.05, 0) is 87.9 Å². The summed E-state index contributed by atoms with van der Waals surface area (Å²) in [5.74, 6) is 2.18. The molecule has 0 unspecified atom stereocenters. The predicted octanol–water partition coefficient (Wildman–Crippen LogP) is 5.26. The normalized spacial score (nSPS) is 13.6. The van der Waals surface area contributed by atoms with Gasteiger partial charge in [-0.3, -0.25) is 0 Å². The van der Waals surface area contributed by atoms with Crippen LogP contribution >= 0.6 is 0 Å². The third kappa shape index (κ3) is 4.18. The van der Waals surface area contributed by atoms with Crippen molar-refractivity contribution in [3.05, 3.63) is 52.3 Å². The van der Waals surface area contributed by atoms with E-state index >= 15 is 0 Å². The average molecular weight is 358 g/mol. The van der Waals surface area contributed by atoms with E-state index in [2.05, 4.69) is 0 Å². The maximum atomic E-state index is 13.9. The van der Waals surface area contributed by atoms with Gasteiger partial charge in [-0.15, -0.1) is 0 Å². The summed E-state index contributed by atoms with van der Waals surface area (Å²) in [5, 5.41) is 9.78. The van der Waals surface area contributed by atoms with E-state index in [0.29, 0.717) is 13.0 Å². The maximum Gasteiger partial charge on any atom is 0.133 e. The first-order valence-corrected chi connectivity index (χ1v) is 9.19. The average Bonchev–Trinajstić information content (AvgIpc) is 3.02. The largest absolute Gasteiger partial charge is 0.493 e. The number of rotatable bonds is 6. The Morgan fingerprint density at radius 3 is 2.38 bits per heavy atom. The smallest absolute Gasteiger partial charge is 0.133 e. The van der Waals surface area contributed by atoms with Gasteiger partial charge in [-0.25, -0.2) is 4.39 Å². The highest BCUT2D eigenvalue weighted by Gasteiger charge is 2.21. The fraction of sp³-hybridized carbons (Fsp3) is 0.455. The summed E-state index contributed by atoms with van der Waals surface area (Å²) in [6.45, 7) is 7.95. The molecular formula is C22H27FO3. The zero-order chi connectivity index (χ0) is 18.9. The topological polar surface area (TPSA) is 38.7 Å². The van der Waals surface area contributed by atoms with E-state index in [1.807, 2.05) is 26.0 Å². The van der Waals surface area contributed by atoms with Crippen LogP contribution in [0.3, 0.4) is 0 Å². The monoisotopic (exact) mass is 358 g/mol. The number of halogens is 1. The van der Waals surface area contributed by atoms with E-state index in [1.165, 1.54) is 6.07 Å². The Labute approximate surface area is 154 Å². The van der Waals surface area contributed by atoms with Crippen LogP contribution in [0.25, 0.3) is 0 Å². The number of ether oxygens (including phenoxy) is 2. The quantitative estimate of drug-likeness (QED) is 0.765. The Morgan fingerprint density at radius 2 is 1.73 bits per heavy atom. The zero-order valence-corrected chi connectivity index (χ0v) is 16.0. The molecule has 2 aromatic carbocycles. The number of fused-ring (bicyclic) bond motifs is 1. The van der Waals surface area contributed by atoms with E-state index in [0.717, 1.165) is 58.8 Å². The third-order valence-corrected chi connectivity index (χ3v) is 4.81. The highest BCUT2D eigenvalue weighted by molar-refractivity contribution is 5.51. The van der Waals surface area contributed by atoms with Crippen LogP contribution in [0.4, 0.5) is 4.39 Å². The molecule has 0 spiro atoms. The fourth-order valence-corrected chi connectivity index (χ4v) is 3.41. The molecule has 0 radical (unpaired) electrons. The molecule has 0 fully saturated rings. The summed E-state index contributed by atoms with van der Waals surface area (Å²) in [5.41, 5.74) is 2.99. The minimum Gasteiger partial charge on any atom is -0.493 e. The summed E-state index contributed by atoms with van der Waals surface area (Å²) in [6, 6.07) is 7.11. The molecule has 0 aliphatic heterocycles. The molecule has 140 valence electrons. The van der Waals surface area contributed by atoms with Crippen LogP contribution in [-0.4, -0.2) is 17.3 Å². The Balaban J connectivity index is 1.79. The van der Waals surface area contributed by atoms with Crippen LogP contribution in [0.2, 0.25) is 0 Å². The molecule has 0 heterocycles. The van der Waals surface area contributed by atoms with Crippen LogP contribution in [0.5, 0.6) is 17.2 Å². The van der Waals surface area contributed by atoms with Crippen molar-refractivity contribution in [2.75, 3.05) is 6.61 Å². The van der Waals surface area contributed by atoms with Crippen molar-refractivity contribution >= 4 is 0 Å². The number of hydrogen-bond donors (Lipinski definition) is 1. The Hall–Kier alpha value is -2.07. The predicted molar refractivity (Wildman–Crippen MR) is 101 cm³/mol. The molecule has 0 aromatic heterocycles. The van der Waals surface area contributed by atoms with Crippen molar-refractivity contribution < 1.29 is 19.0 Å². The highest BCUT2D eigenvalue weighted by Crippen LogP contribution is 2.38. The van der Waals surface area contributed by atoms with Gasteiger partial charge in [0.2, 0.25) is 0 Å². The lowest BCUT2D eigenvalue weighted by Crippen LogP contribution is -2.21. The molecule has 2 aromatic rings. The Morgan fingerprint density at radius 1 is 1.08 bits per heavy atom. The second kappa shape index (κ2) is 7.28. The van der Waals surface area contributed by atoms with Gasteiger partial charge < -0.3 is 14.6 Å². The summed E-state index contributed by atoms with van der Waals surface area (Å²) < 4.78 is 25.9. The second-order valence-electron chi connectivity index (χ2n) is 7.76. The molecule has 0 amide bonds. The first-order chi connectivity index (χ1) is 12.2. The lowest BCUT2D eigenvalue weighted by molar-refractivity contribution is 0.0553. The first-order valence-electron chi connectivity index (χ1n) is 9.19.